The number of carboxylic acids is 1. The highest BCUT2D eigenvalue weighted by Gasteiger charge is 2.39. The Labute approximate surface area is 123 Å². The molecule has 1 fully saturated rings. The van der Waals surface area contributed by atoms with Crippen LogP contribution in [-0.2, 0) is 4.79 Å². The van der Waals surface area contributed by atoms with Crippen molar-refractivity contribution < 1.29 is 9.90 Å². The lowest BCUT2D eigenvalue weighted by atomic mass is 9.90. The Hall–Kier alpha value is -2.17. The molecule has 0 unspecified atom stereocenters. The summed E-state index contributed by atoms with van der Waals surface area (Å²) in [5, 5.41) is 13.8. The number of carbonyl (C=O) groups is 1. The van der Waals surface area contributed by atoms with E-state index in [1.54, 1.807) is 0 Å². The number of nitrogens with zero attached hydrogens (tertiary/aromatic N) is 2. The van der Waals surface area contributed by atoms with E-state index in [0.717, 1.165) is 36.6 Å². The van der Waals surface area contributed by atoms with Gasteiger partial charge >= 0.3 is 5.97 Å². The van der Waals surface area contributed by atoms with E-state index in [0.29, 0.717) is 18.7 Å². The van der Waals surface area contributed by atoms with Crippen molar-refractivity contribution in [1.29, 1.82) is 0 Å². The first-order valence-electron chi connectivity index (χ1n) is 7.43. The van der Waals surface area contributed by atoms with Crippen molar-refractivity contribution in [3.63, 3.8) is 0 Å². The third-order valence-electron chi connectivity index (χ3n) is 4.27. The van der Waals surface area contributed by atoms with Crippen LogP contribution in [0, 0.1) is 0 Å². The number of aromatic nitrogens is 2. The maximum atomic E-state index is 11.9. The van der Waals surface area contributed by atoms with Gasteiger partial charge in [-0.3, -0.25) is 0 Å². The molecule has 0 atom stereocenters. The molecule has 1 heterocycles. The molecule has 1 saturated carbocycles. The van der Waals surface area contributed by atoms with E-state index in [9.17, 15) is 9.90 Å². The SMILES string of the molecule is O=C(O)C1(Nc2ncnc3ccccc23)CCCCCC1. The van der Waals surface area contributed by atoms with Crippen LogP contribution in [0.2, 0.25) is 0 Å². The van der Waals surface area contributed by atoms with Crippen LogP contribution in [0.5, 0.6) is 0 Å². The van der Waals surface area contributed by atoms with Crippen molar-refractivity contribution in [2.45, 2.75) is 44.1 Å². The van der Waals surface area contributed by atoms with E-state index >= 15 is 0 Å². The van der Waals surface area contributed by atoms with Gasteiger partial charge in [-0.2, -0.15) is 0 Å². The van der Waals surface area contributed by atoms with Crippen molar-refractivity contribution in [2.24, 2.45) is 0 Å². The molecule has 3 rings (SSSR count). The number of aliphatic carboxylic acids is 1. The lowest BCUT2D eigenvalue weighted by Crippen LogP contribution is -2.46. The van der Waals surface area contributed by atoms with E-state index < -0.39 is 11.5 Å². The first-order valence-corrected chi connectivity index (χ1v) is 7.43. The summed E-state index contributed by atoms with van der Waals surface area (Å²) in [4.78, 5) is 20.4. The standard InChI is InChI=1S/C16H19N3O2/c20-15(21)16(9-5-1-2-6-10-16)19-14-12-7-3-4-8-13(12)17-11-18-14/h3-4,7-8,11H,1-2,5-6,9-10H2,(H,20,21)(H,17,18,19). The van der Waals surface area contributed by atoms with Gasteiger partial charge in [0.25, 0.3) is 0 Å². The maximum Gasteiger partial charge on any atom is 0.329 e. The smallest absolute Gasteiger partial charge is 0.329 e. The number of hydrogen-bond donors (Lipinski definition) is 2. The van der Waals surface area contributed by atoms with Crippen molar-refractivity contribution >= 4 is 22.7 Å². The van der Waals surface area contributed by atoms with Crippen LogP contribution in [0.3, 0.4) is 0 Å². The molecule has 0 spiro atoms. The topological polar surface area (TPSA) is 75.1 Å². The number of anilines is 1. The Balaban J connectivity index is 2.00. The first-order chi connectivity index (χ1) is 10.2. The maximum absolute atomic E-state index is 11.9. The normalized spacial score (nSPS) is 18.1. The van der Waals surface area contributed by atoms with Gasteiger partial charge in [-0.25, -0.2) is 14.8 Å². The second kappa shape index (κ2) is 5.68. The van der Waals surface area contributed by atoms with Gasteiger partial charge in [0.05, 0.1) is 5.52 Å². The van der Waals surface area contributed by atoms with Crippen molar-refractivity contribution in [3.05, 3.63) is 30.6 Å². The predicted molar refractivity (Wildman–Crippen MR) is 81.2 cm³/mol. The molecule has 0 bridgehead atoms. The summed E-state index contributed by atoms with van der Waals surface area (Å²) in [5.74, 6) is -0.169. The third-order valence-corrected chi connectivity index (χ3v) is 4.27. The molecule has 1 aliphatic rings. The quantitative estimate of drug-likeness (QED) is 0.847. The third kappa shape index (κ3) is 2.68. The summed E-state index contributed by atoms with van der Waals surface area (Å²) in [6, 6.07) is 7.65. The minimum Gasteiger partial charge on any atom is -0.480 e. The zero-order valence-electron chi connectivity index (χ0n) is 11.9. The highest BCUT2D eigenvalue weighted by Crippen LogP contribution is 2.32. The largest absolute Gasteiger partial charge is 0.480 e. The fraction of sp³-hybridized carbons (Fsp3) is 0.438. The molecule has 2 N–H and O–H groups in total. The number of carboxylic acid groups (broad SMARTS) is 1. The Morgan fingerprint density at radius 3 is 2.52 bits per heavy atom. The molecule has 5 heteroatoms. The molecule has 0 amide bonds. The molecule has 110 valence electrons. The second-order valence-electron chi connectivity index (χ2n) is 5.67. The number of hydrogen-bond acceptors (Lipinski definition) is 4. The zero-order chi connectivity index (χ0) is 14.7. The summed E-state index contributed by atoms with van der Waals surface area (Å²) in [6.07, 6.45) is 6.82. The van der Waals surface area contributed by atoms with Gasteiger partial charge in [0, 0.05) is 5.39 Å². The first kappa shape index (κ1) is 13.8. The van der Waals surface area contributed by atoms with Crippen LogP contribution in [-0.4, -0.2) is 26.6 Å². The lowest BCUT2D eigenvalue weighted by molar-refractivity contribution is -0.142. The molecule has 1 aromatic heterocycles. The van der Waals surface area contributed by atoms with Gasteiger partial charge in [-0.15, -0.1) is 0 Å². The van der Waals surface area contributed by atoms with Gasteiger partial charge < -0.3 is 10.4 Å². The monoisotopic (exact) mass is 285 g/mol. The van der Waals surface area contributed by atoms with Crippen LogP contribution in [0.1, 0.15) is 38.5 Å². The molecule has 0 aliphatic heterocycles. The van der Waals surface area contributed by atoms with Crippen LogP contribution < -0.4 is 5.32 Å². The molecule has 0 saturated heterocycles. The fourth-order valence-corrected chi connectivity index (χ4v) is 3.06. The van der Waals surface area contributed by atoms with Crippen LogP contribution in [0.25, 0.3) is 10.9 Å². The highest BCUT2D eigenvalue weighted by molar-refractivity contribution is 5.92. The number of benzene rings is 1. The van der Waals surface area contributed by atoms with Crippen LogP contribution >= 0.6 is 0 Å². The van der Waals surface area contributed by atoms with Crippen molar-refractivity contribution in [1.82, 2.24) is 9.97 Å². The average molecular weight is 285 g/mol. The molecule has 1 aromatic carbocycles. The number of nitrogens with one attached hydrogen (secondary N) is 1. The minimum atomic E-state index is -0.909. The molecular formula is C16H19N3O2. The number of rotatable bonds is 3. The van der Waals surface area contributed by atoms with Crippen molar-refractivity contribution in [3.8, 4) is 0 Å². The molecule has 5 nitrogen and oxygen atoms in total. The van der Waals surface area contributed by atoms with E-state index in [-0.39, 0.29) is 0 Å². The van der Waals surface area contributed by atoms with Crippen molar-refractivity contribution in [2.75, 3.05) is 5.32 Å². The summed E-state index contributed by atoms with van der Waals surface area (Å²) in [6.45, 7) is 0. The highest BCUT2D eigenvalue weighted by atomic mass is 16.4. The molecule has 0 radical (unpaired) electrons. The summed E-state index contributed by atoms with van der Waals surface area (Å²) in [5.41, 5.74) is -0.0858. The van der Waals surface area contributed by atoms with Gasteiger partial charge in [-0.05, 0) is 25.0 Å². The molecular weight excluding hydrogens is 266 g/mol. The summed E-state index contributed by atoms with van der Waals surface area (Å²) < 4.78 is 0. The minimum absolute atomic E-state index is 0.616. The van der Waals surface area contributed by atoms with Gasteiger partial charge in [-0.1, -0.05) is 37.8 Å². The molecule has 2 aromatic rings. The molecule has 1 aliphatic carbocycles. The van der Waals surface area contributed by atoms with Gasteiger partial charge in [0.15, 0.2) is 0 Å². The number of fused-ring (bicyclic) bond motifs is 1. The Morgan fingerprint density at radius 2 is 1.81 bits per heavy atom. The fourth-order valence-electron chi connectivity index (χ4n) is 3.06. The Bertz CT molecular complexity index is 644. The van der Waals surface area contributed by atoms with E-state index in [2.05, 4.69) is 15.3 Å². The Kier molecular flexibility index (Phi) is 3.73. The van der Waals surface area contributed by atoms with Crippen LogP contribution in [0.15, 0.2) is 30.6 Å². The second-order valence-corrected chi connectivity index (χ2v) is 5.67. The summed E-state index contributed by atoms with van der Waals surface area (Å²) in [7, 11) is 0. The van der Waals surface area contributed by atoms with Crippen LogP contribution in [0.4, 0.5) is 5.82 Å². The predicted octanol–water partition coefficient (Wildman–Crippen LogP) is 3.22. The van der Waals surface area contributed by atoms with E-state index in [1.165, 1.54) is 6.33 Å². The van der Waals surface area contributed by atoms with Gasteiger partial charge in [0.1, 0.15) is 17.7 Å². The van der Waals surface area contributed by atoms with Gasteiger partial charge in [0.2, 0.25) is 0 Å². The molecule has 21 heavy (non-hydrogen) atoms. The lowest BCUT2D eigenvalue weighted by Gasteiger charge is -2.30. The van der Waals surface area contributed by atoms with E-state index in [1.807, 2.05) is 24.3 Å². The summed E-state index contributed by atoms with van der Waals surface area (Å²) >= 11 is 0. The zero-order valence-corrected chi connectivity index (χ0v) is 11.9. The number of para-hydroxylation sites is 1. The Morgan fingerprint density at radius 1 is 1.10 bits per heavy atom. The van der Waals surface area contributed by atoms with E-state index in [4.69, 9.17) is 0 Å². The average Bonchev–Trinajstić information content (AvgIpc) is 2.74.